The van der Waals surface area contributed by atoms with Gasteiger partial charge in [-0.15, -0.1) is 0 Å². The Morgan fingerprint density at radius 1 is 1.20 bits per heavy atom. The van der Waals surface area contributed by atoms with Gasteiger partial charge in [0, 0.05) is 12.1 Å². The molecule has 0 saturated carbocycles. The molecule has 1 unspecified atom stereocenters. The standard InChI is InChI=1S/C16H15FN2S/c1-11(9-12-5-3-2-4-6-12)18-16-19-14-10-13(17)7-8-15(14)20-16/h2-8,10-11H,9H2,1H3,(H,18,19). The Labute approximate surface area is 121 Å². The molecular weight excluding hydrogens is 271 g/mol. The molecule has 1 aromatic heterocycles. The first-order valence-corrected chi connectivity index (χ1v) is 7.39. The van der Waals surface area contributed by atoms with Gasteiger partial charge in [0.05, 0.1) is 10.2 Å². The fourth-order valence-corrected chi connectivity index (χ4v) is 3.15. The topological polar surface area (TPSA) is 24.9 Å². The second kappa shape index (κ2) is 5.59. The Hall–Kier alpha value is -1.94. The molecule has 1 atom stereocenters. The summed E-state index contributed by atoms with van der Waals surface area (Å²) in [5.74, 6) is -0.244. The average Bonchev–Trinajstić information content (AvgIpc) is 2.80. The maximum Gasteiger partial charge on any atom is 0.184 e. The molecule has 0 saturated heterocycles. The van der Waals surface area contributed by atoms with Gasteiger partial charge in [-0.05, 0) is 31.0 Å². The SMILES string of the molecule is CC(Cc1ccccc1)Nc1nc2cc(F)ccc2s1. The van der Waals surface area contributed by atoms with Gasteiger partial charge in [-0.1, -0.05) is 41.7 Å². The lowest BCUT2D eigenvalue weighted by Crippen LogP contribution is -2.17. The van der Waals surface area contributed by atoms with E-state index >= 15 is 0 Å². The number of rotatable bonds is 4. The normalized spacial score (nSPS) is 12.5. The van der Waals surface area contributed by atoms with Gasteiger partial charge in [-0.2, -0.15) is 0 Å². The zero-order valence-corrected chi connectivity index (χ0v) is 12.0. The maximum absolute atomic E-state index is 13.1. The molecule has 0 spiro atoms. The van der Waals surface area contributed by atoms with E-state index in [2.05, 4.69) is 29.4 Å². The van der Waals surface area contributed by atoms with E-state index in [1.165, 1.54) is 17.7 Å². The number of nitrogens with one attached hydrogen (secondary N) is 1. The molecule has 2 aromatic carbocycles. The second-order valence-electron chi connectivity index (χ2n) is 4.87. The predicted molar refractivity (Wildman–Crippen MR) is 82.8 cm³/mol. The largest absolute Gasteiger partial charge is 0.359 e. The van der Waals surface area contributed by atoms with E-state index in [4.69, 9.17) is 0 Å². The number of anilines is 1. The summed E-state index contributed by atoms with van der Waals surface area (Å²) in [6.45, 7) is 2.12. The predicted octanol–water partition coefficient (Wildman–Crippen LogP) is 4.48. The lowest BCUT2D eigenvalue weighted by Gasteiger charge is -2.12. The summed E-state index contributed by atoms with van der Waals surface area (Å²) in [6.07, 6.45) is 0.936. The minimum atomic E-state index is -0.244. The molecule has 0 aliphatic rings. The van der Waals surface area contributed by atoms with E-state index in [0.717, 1.165) is 16.3 Å². The second-order valence-corrected chi connectivity index (χ2v) is 5.90. The molecule has 0 radical (unpaired) electrons. The fraction of sp³-hybridized carbons (Fsp3) is 0.188. The Morgan fingerprint density at radius 2 is 2.00 bits per heavy atom. The lowest BCUT2D eigenvalue weighted by molar-refractivity contribution is 0.629. The number of nitrogens with zero attached hydrogens (tertiary/aromatic N) is 1. The highest BCUT2D eigenvalue weighted by Crippen LogP contribution is 2.27. The number of hydrogen-bond acceptors (Lipinski definition) is 3. The number of fused-ring (bicyclic) bond motifs is 1. The van der Waals surface area contributed by atoms with E-state index in [9.17, 15) is 4.39 Å². The van der Waals surface area contributed by atoms with E-state index in [-0.39, 0.29) is 11.9 Å². The zero-order chi connectivity index (χ0) is 13.9. The summed E-state index contributed by atoms with van der Waals surface area (Å²) in [7, 11) is 0. The van der Waals surface area contributed by atoms with E-state index in [0.29, 0.717) is 5.52 Å². The van der Waals surface area contributed by atoms with E-state index in [1.54, 1.807) is 17.4 Å². The van der Waals surface area contributed by atoms with Gasteiger partial charge in [0.2, 0.25) is 0 Å². The van der Waals surface area contributed by atoms with Crippen LogP contribution in [0.2, 0.25) is 0 Å². The first-order chi connectivity index (χ1) is 9.70. The third-order valence-electron chi connectivity index (χ3n) is 3.10. The Balaban J connectivity index is 1.72. The van der Waals surface area contributed by atoms with Crippen LogP contribution in [0.5, 0.6) is 0 Å². The molecule has 4 heteroatoms. The molecule has 0 aliphatic heterocycles. The molecule has 3 aromatic rings. The van der Waals surface area contributed by atoms with Crippen molar-refractivity contribution in [3.05, 3.63) is 59.9 Å². The summed E-state index contributed by atoms with van der Waals surface area (Å²) in [5, 5.41) is 4.23. The first-order valence-electron chi connectivity index (χ1n) is 6.57. The highest BCUT2D eigenvalue weighted by Gasteiger charge is 2.08. The van der Waals surface area contributed by atoms with Crippen molar-refractivity contribution in [2.24, 2.45) is 0 Å². The lowest BCUT2D eigenvalue weighted by atomic mass is 10.1. The highest BCUT2D eigenvalue weighted by molar-refractivity contribution is 7.22. The van der Waals surface area contributed by atoms with Crippen LogP contribution >= 0.6 is 11.3 Å². The van der Waals surface area contributed by atoms with Crippen molar-refractivity contribution >= 4 is 26.7 Å². The van der Waals surface area contributed by atoms with Crippen molar-refractivity contribution in [3.63, 3.8) is 0 Å². The third kappa shape index (κ3) is 2.96. The van der Waals surface area contributed by atoms with Crippen LogP contribution in [-0.4, -0.2) is 11.0 Å². The first kappa shape index (κ1) is 13.1. The smallest absolute Gasteiger partial charge is 0.184 e. The summed E-state index contributed by atoms with van der Waals surface area (Å²) in [5.41, 5.74) is 2.00. The molecule has 3 rings (SSSR count). The Morgan fingerprint density at radius 3 is 2.80 bits per heavy atom. The van der Waals surface area contributed by atoms with Crippen LogP contribution < -0.4 is 5.32 Å². The summed E-state index contributed by atoms with van der Waals surface area (Å²) < 4.78 is 14.1. The van der Waals surface area contributed by atoms with Crippen LogP contribution in [-0.2, 0) is 6.42 Å². The van der Waals surface area contributed by atoms with Gasteiger partial charge in [-0.25, -0.2) is 9.37 Å². The molecule has 0 aliphatic carbocycles. The summed E-state index contributed by atoms with van der Waals surface area (Å²) >= 11 is 1.56. The Bertz CT molecular complexity index is 709. The highest BCUT2D eigenvalue weighted by atomic mass is 32.1. The van der Waals surface area contributed by atoms with Crippen LogP contribution in [0.3, 0.4) is 0 Å². The zero-order valence-electron chi connectivity index (χ0n) is 11.1. The van der Waals surface area contributed by atoms with Crippen LogP contribution in [0.25, 0.3) is 10.2 Å². The maximum atomic E-state index is 13.1. The van der Waals surface area contributed by atoms with Gasteiger partial charge in [0.15, 0.2) is 5.13 Å². The number of hydrogen-bond donors (Lipinski definition) is 1. The molecule has 0 amide bonds. The minimum absolute atomic E-state index is 0.244. The van der Waals surface area contributed by atoms with Crippen molar-refractivity contribution in [2.75, 3.05) is 5.32 Å². The molecule has 0 fully saturated rings. The summed E-state index contributed by atoms with van der Waals surface area (Å²) in [4.78, 5) is 4.42. The quantitative estimate of drug-likeness (QED) is 0.765. The van der Waals surface area contributed by atoms with Gasteiger partial charge >= 0.3 is 0 Å². The van der Waals surface area contributed by atoms with E-state index in [1.807, 2.05) is 18.2 Å². The van der Waals surface area contributed by atoms with Crippen molar-refractivity contribution in [1.29, 1.82) is 0 Å². The van der Waals surface area contributed by atoms with Crippen molar-refractivity contribution in [1.82, 2.24) is 4.98 Å². The van der Waals surface area contributed by atoms with Crippen LogP contribution in [0.15, 0.2) is 48.5 Å². The molecule has 2 nitrogen and oxygen atoms in total. The molecule has 102 valence electrons. The number of benzene rings is 2. The van der Waals surface area contributed by atoms with E-state index < -0.39 is 0 Å². The number of halogens is 1. The molecule has 20 heavy (non-hydrogen) atoms. The van der Waals surface area contributed by atoms with Gasteiger partial charge in [0.1, 0.15) is 5.82 Å². The van der Waals surface area contributed by atoms with Crippen molar-refractivity contribution in [3.8, 4) is 0 Å². The average molecular weight is 286 g/mol. The number of aromatic nitrogens is 1. The monoisotopic (exact) mass is 286 g/mol. The van der Waals surface area contributed by atoms with Gasteiger partial charge in [0.25, 0.3) is 0 Å². The number of thiazole rings is 1. The van der Waals surface area contributed by atoms with Crippen molar-refractivity contribution < 1.29 is 4.39 Å². The molecule has 1 N–H and O–H groups in total. The molecular formula is C16H15FN2S. The molecule has 0 bridgehead atoms. The molecule has 1 heterocycles. The van der Waals surface area contributed by atoms with Gasteiger partial charge in [-0.3, -0.25) is 0 Å². The summed E-state index contributed by atoms with van der Waals surface area (Å²) in [6, 6.07) is 15.3. The Kier molecular flexibility index (Phi) is 3.65. The van der Waals surface area contributed by atoms with Crippen LogP contribution in [0, 0.1) is 5.82 Å². The minimum Gasteiger partial charge on any atom is -0.359 e. The van der Waals surface area contributed by atoms with Gasteiger partial charge < -0.3 is 5.32 Å². The third-order valence-corrected chi connectivity index (χ3v) is 4.07. The van der Waals surface area contributed by atoms with Crippen LogP contribution in [0.1, 0.15) is 12.5 Å². The fourth-order valence-electron chi connectivity index (χ4n) is 2.19. The van der Waals surface area contributed by atoms with Crippen molar-refractivity contribution in [2.45, 2.75) is 19.4 Å². The van der Waals surface area contributed by atoms with Crippen LogP contribution in [0.4, 0.5) is 9.52 Å².